The minimum Gasteiger partial charge on any atom is -0.370 e. The number of fused-ring (bicyclic) bond motifs is 1. The molecule has 13 nitrogen and oxygen atoms in total. The second kappa shape index (κ2) is 15.2. The molecule has 0 fully saturated rings. The molecule has 3 heterocycles. The highest BCUT2D eigenvalue weighted by Crippen LogP contribution is 2.31. The van der Waals surface area contributed by atoms with Gasteiger partial charge in [-0.25, -0.2) is 9.18 Å². The summed E-state index contributed by atoms with van der Waals surface area (Å²) in [6.07, 6.45) is 4.83. The molecule has 0 aliphatic heterocycles. The Balaban J connectivity index is 1.29. The van der Waals surface area contributed by atoms with Gasteiger partial charge in [0.05, 0.1) is 16.4 Å². The fourth-order valence-corrected chi connectivity index (χ4v) is 5.52. The Morgan fingerprint density at radius 2 is 1.91 bits per heavy atom. The van der Waals surface area contributed by atoms with Crippen LogP contribution in [0.5, 0.6) is 0 Å². The third-order valence-electron chi connectivity index (χ3n) is 7.74. The number of hydrogen-bond donors (Lipinski definition) is 8. The highest BCUT2D eigenvalue weighted by atomic mass is 35.5. The Morgan fingerprint density at radius 3 is 2.62 bits per heavy atom. The van der Waals surface area contributed by atoms with E-state index in [4.69, 9.17) is 28.5 Å². The maximum absolute atomic E-state index is 15.1. The van der Waals surface area contributed by atoms with E-state index >= 15 is 4.39 Å². The Hall–Kier alpha value is -4.79. The van der Waals surface area contributed by atoms with E-state index in [1.54, 1.807) is 24.4 Å². The van der Waals surface area contributed by atoms with Gasteiger partial charge in [-0.1, -0.05) is 23.7 Å². The van der Waals surface area contributed by atoms with Gasteiger partial charge in [-0.15, -0.1) is 10.2 Å². The molecule has 248 valence electrons. The first-order valence-electron chi connectivity index (χ1n) is 15.5. The number of nitrogens with two attached hydrogens (primary N) is 2. The molecule has 0 amide bonds. The van der Waals surface area contributed by atoms with Crippen molar-refractivity contribution in [1.82, 2.24) is 40.3 Å². The van der Waals surface area contributed by atoms with E-state index in [1.807, 2.05) is 38.1 Å². The van der Waals surface area contributed by atoms with E-state index in [9.17, 15) is 4.79 Å². The van der Waals surface area contributed by atoms with Crippen LogP contribution >= 0.6 is 11.6 Å². The maximum atomic E-state index is 15.1. The average Bonchev–Trinajstić information content (AvgIpc) is 3.64. The molecular weight excluding hydrogens is 623 g/mol. The van der Waals surface area contributed by atoms with Gasteiger partial charge in [0.1, 0.15) is 11.5 Å². The average molecular weight is 663 g/mol. The van der Waals surface area contributed by atoms with Crippen molar-refractivity contribution in [1.29, 1.82) is 5.41 Å². The Morgan fingerprint density at radius 1 is 1.13 bits per heavy atom. The number of benzene rings is 2. The first-order valence-corrected chi connectivity index (χ1v) is 15.8. The molecule has 47 heavy (non-hydrogen) atoms. The largest absolute Gasteiger partial charge is 0.370 e. The molecule has 0 spiro atoms. The van der Waals surface area contributed by atoms with Crippen LogP contribution in [0.15, 0.2) is 53.5 Å². The second-order valence-electron chi connectivity index (χ2n) is 11.7. The molecule has 0 unspecified atom stereocenters. The first-order chi connectivity index (χ1) is 22.5. The fourth-order valence-electron chi connectivity index (χ4n) is 5.28. The molecule has 15 heteroatoms. The normalized spacial score (nSPS) is 12.7. The van der Waals surface area contributed by atoms with E-state index < -0.39 is 11.5 Å². The molecule has 2 aromatic carbocycles. The number of rotatable bonds is 15. The van der Waals surface area contributed by atoms with Crippen LogP contribution in [-0.2, 0) is 13.0 Å². The third-order valence-corrected chi connectivity index (χ3v) is 8.02. The molecule has 10 N–H and O–H groups in total. The topological polar surface area (TPSA) is 204 Å². The summed E-state index contributed by atoms with van der Waals surface area (Å²) in [5, 5.41) is 25.7. The first kappa shape index (κ1) is 33.6. The standard InChI is InChI=1S/C32H40ClFN12O/c1-18(35)4-3-5-21-12-25(28(34)26(33)13-21)27-14-22-17-46(32(47)43-29(22)42-27)24-8-6-20(7-9-24)15-39-23(10-11-38-30(36)37)16-40-31-41-19(2)44-45-31/h6-9,12-14,17-18,23,39H,3-5,10-11,15-16,35H2,1-2H3,(H4,36,37,38)(H,42,43,47)(H2,40,41,44,45)/t18-,23+/m0/s1. The Kier molecular flexibility index (Phi) is 10.9. The number of nitrogens with one attached hydrogen (secondary N) is 6. The molecule has 0 bridgehead atoms. The predicted molar refractivity (Wildman–Crippen MR) is 183 cm³/mol. The zero-order valence-electron chi connectivity index (χ0n) is 26.3. The van der Waals surface area contributed by atoms with Crippen LogP contribution in [0, 0.1) is 18.2 Å². The van der Waals surface area contributed by atoms with Gasteiger partial charge in [0.25, 0.3) is 0 Å². The van der Waals surface area contributed by atoms with Crippen LogP contribution < -0.4 is 33.1 Å². The third kappa shape index (κ3) is 8.93. The van der Waals surface area contributed by atoms with Crippen molar-refractivity contribution in [2.75, 3.05) is 18.4 Å². The molecule has 5 rings (SSSR count). The van der Waals surface area contributed by atoms with Crippen LogP contribution in [0.25, 0.3) is 28.0 Å². The number of halogens is 2. The highest BCUT2D eigenvalue weighted by molar-refractivity contribution is 6.31. The molecule has 0 saturated carbocycles. The van der Waals surface area contributed by atoms with Gasteiger partial charge in [0.2, 0.25) is 5.95 Å². The summed E-state index contributed by atoms with van der Waals surface area (Å²) in [6.45, 7) is 5.45. The number of aromatic amines is 2. The summed E-state index contributed by atoms with van der Waals surface area (Å²) in [5.74, 6) is 0.689. The molecule has 0 aliphatic carbocycles. The Labute approximate surface area is 276 Å². The van der Waals surface area contributed by atoms with E-state index in [-0.39, 0.29) is 23.1 Å². The summed E-state index contributed by atoms with van der Waals surface area (Å²) in [6, 6.07) is 12.9. The number of anilines is 1. The van der Waals surface area contributed by atoms with Crippen molar-refractivity contribution < 1.29 is 4.39 Å². The Bertz CT molecular complexity index is 1880. The summed E-state index contributed by atoms with van der Waals surface area (Å²) in [7, 11) is 0. The van der Waals surface area contributed by atoms with Crippen molar-refractivity contribution >= 4 is 34.5 Å². The van der Waals surface area contributed by atoms with E-state index in [0.717, 1.165) is 30.4 Å². The van der Waals surface area contributed by atoms with Gasteiger partial charge < -0.3 is 37.4 Å². The van der Waals surface area contributed by atoms with Gasteiger partial charge in [0, 0.05) is 48.9 Å². The monoisotopic (exact) mass is 662 g/mol. The maximum Gasteiger partial charge on any atom is 0.354 e. The molecule has 0 saturated heterocycles. The van der Waals surface area contributed by atoms with Gasteiger partial charge in [-0.3, -0.25) is 9.98 Å². The smallest absolute Gasteiger partial charge is 0.354 e. The number of aryl methyl sites for hydroxylation is 2. The lowest BCUT2D eigenvalue weighted by atomic mass is 10.0. The van der Waals surface area contributed by atoms with Crippen LogP contribution in [0.2, 0.25) is 5.02 Å². The summed E-state index contributed by atoms with van der Waals surface area (Å²) in [4.78, 5) is 23.4. The number of guanidine groups is 1. The molecular formula is C32H40ClFN12O. The predicted octanol–water partition coefficient (Wildman–Crippen LogP) is 3.71. The lowest BCUT2D eigenvalue weighted by Gasteiger charge is -2.19. The lowest BCUT2D eigenvalue weighted by molar-refractivity contribution is 0.493. The van der Waals surface area contributed by atoms with Crippen molar-refractivity contribution in [3.8, 4) is 16.9 Å². The van der Waals surface area contributed by atoms with Crippen molar-refractivity contribution in [3.05, 3.63) is 86.9 Å². The zero-order valence-corrected chi connectivity index (χ0v) is 27.1. The summed E-state index contributed by atoms with van der Waals surface area (Å²) >= 11 is 6.26. The lowest BCUT2D eigenvalue weighted by Crippen LogP contribution is -2.40. The SMILES string of the molecule is Cc1nnc(NC[C@@H](CCNC(=N)N)NCc2ccc(-n3cc4cc(-c5cc(CCC[C@H](C)N)cc(Cl)c5F)[nH]c4nc3=O)cc2)[nH]1. The minimum atomic E-state index is -0.533. The number of H-pyrrole nitrogens is 2. The van der Waals surface area contributed by atoms with E-state index in [0.29, 0.717) is 65.8 Å². The van der Waals surface area contributed by atoms with E-state index in [2.05, 4.69) is 41.1 Å². The minimum absolute atomic E-state index is 0.0268. The zero-order chi connectivity index (χ0) is 33.5. The van der Waals surface area contributed by atoms with Crippen molar-refractivity contribution in [2.45, 2.75) is 58.2 Å². The van der Waals surface area contributed by atoms with Crippen molar-refractivity contribution in [3.63, 3.8) is 0 Å². The number of nitrogens with zero attached hydrogens (tertiary/aromatic N) is 4. The number of hydrogen-bond acceptors (Lipinski definition) is 8. The fraction of sp³-hybridized carbons (Fsp3) is 0.344. The van der Waals surface area contributed by atoms with Crippen LogP contribution in [-0.4, -0.2) is 60.8 Å². The second-order valence-corrected chi connectivity index (χ2v) is 12.1. The van der Waals surface area contributed by atoms with Crippen LogP contribution in [0.3, 0.4) is 0 Å². The van der Waals surface area contributed by atoms with Crippen LogP contribution in [0.4, 0.5) is 10.3 Å². The van der Waals surface area contributed by atoms with Gasteiger partial charge in [0.15, 0.2) is 11.8 Å². The van der Waals surface area contributed by atoms with Crippen LogP contribution in [0.1, 0.15) is 43.1 Å². The van der Waals surface area contributed by atoms with Gasteiger partial charge in [-0.05, 0) is 81.0 Å². The van der Waals surface area contributed by atoms with Gasteiger partial charge in [-0.2, -0.15) is 4.98 Å². The number of aromatic nitrogens is 6. The molecule has 2 atom stereocenters. The molecule has 0 aliphatic rings. The van der Waals surface area contributed by atoms with Gasteiger partial charge >= 0.3 is 5.69 Å². The quantitative estimate of drug-likeness (QED) is 0.0607. The molecule has 0 radical (unpaired) electrons. The van der Waals surface area contributed by atoms with Crippen molar-refractivity contribution in [2.24, 2.45) is 11.5 Å². The van der Waals surface area contributed by atoms with E-state index in [1.165, 1.54) is 4.57 Å². The molecule has 3 aromatic heterocycles. The summed E-state index contributed by atoms with van der Waals surface area (Å²) < 4.78 is 16.6. The highest BCUT2D eigenvalue weighted by Gasteiger charge is 2.16. The molecule has 5 aromatic rings. The summed E-state index contributed by atoms with van der Waals surface area (Å²) in [5.41, 5.74) is 14.6.